The minimum absolute atomic E-state index is 1.19. The first-order valence-corrected chi connectivity index (χ1v) is 11.7. The fourth-order valence-corrected chi connectivity index (χ4v) is 6.23. The lowest BCUT2D eigenvalue weighted by Gasteiger charge is -2.09. The molecule has 0 saturated heterocycles. The van der Waals surface area contributed by atoms with Crippen molar-refractivity contribution in [1.82, 2.24) is 4.57 Å². The van der Waals surface area contributed by atoms with Crippen LogP contribution in [0.15, 0.2) is 115 Å². The van der Waals surface area contributed by atoms with E-state index in [2.05, 4.69) is 120 Å². The topological polar surface area (TPSA) is 4.93 Å². The van der Waals surface area contributed by atoms with Crippen LogP contribution in [-0.2, 0) is 0 Å². The molecule has 32 heavy (non-hydrogen) atoms. The number of hydrogen-bond donors (Lipinski definition) is 0. The number of para-hydroxylation sites is 2. The third-order valence-corrected chi connectivity index (χ3v) is 7.54. The van der Waals surface area contributed by atoms with Crippen LogP contribution in [0.5, 0.6) is 0 Å². The Bertz CT molecular complexity index is 1770. The molecule has 0 aliphatic carbocycles. The summed E-state index contributed by atoms with van der Waals surface area (Å²) in [7, 11) is 0. The molecule has 0 aliphatic heterocycles. The highest BCUT2D eigenvalue weighted by molar-refractivity contribution is 7.25. The Balaban J connectivity index is 1.66. The van der Waals surface area contributed by atoms with Crippen LogP contribution in [0.25, 0.3) is 58.8 Å². The number of rotatable bonds is 2. The van der Waals surface area contributed by atoms with Gasteiger partial charge in [-0.2, -0.15) is 0 Å². The highest BCUT2D eigenvalue weighted by Crippen LogP contribution is 2.44. The van der Waals surface area contributed by atoms with E-state index in [9.17, 15) is 0 Å². The van der Waals surface area contributed by atoms with Crippen LogP contribution in [-0.4, -0.2) is 4.57 Å². The van der Waals surface area contributed by atoms with Crippen molar-refractivity contribution >= 4 is 53.3 Å². The Morgan fingerprint density at radius 2 is 1.06 bits per heavy atom. The smallest absolute Gasteiger partial charge is 0.0547 e. The van der Waals surface area contributed by atoms with Gasteiger partial charge in [0.15, 0.2) is 0 Å². The minimum Gasteiger partial charge on any atom is -0.309 e. The Hall–Kier alpha value is -3.88. The minimum atomic E-state index is 1.19. The van der Waals surface area contributed by atoms with Gasteiger partial charge in [-0.05, 0) is 47.5 Å². The van der Waals surface area contributed by atoms with E-state index in [1.54, 1.807) is 0 Å². The summed E-state index contributed by atoms with van der Waals surface area (Å²) in [5.41, 5.74) is 6.27. The molecule has 5 aromatic carbocycles. The summed E-state index contributed by atoms with van der Waals surface area (Å²) in [5, 5.41) is 5.30. The van der Waals surface area contributed by atoms with Crippen molar-refractivity contribution in [3.63, 3.8) is 0 Å². The number of fused-ring (bicyclic) bond motifs is 6. The fourth-order valence-electron chi connectivity index (χ4n) is 5.10. The van der Waals surface area contributed by atoms with Crippen molar-refractivity contribution in [1.29, 1.82) is 0 Å². The Morgan fingerprint density at radius 1 is 0.438 bits per heavy atom. The molecular weight excluding hydrogens is 406 g/mol. The summed E-state index contributed by atoms with van der Waals surface area (Å²) in [5.74, 6) is 0. The Morgan fingerprint density at radius 3 is 1.94 bits per heavy atom. The first kappa shape index (κ1) is 17.8. The number of hydrogen-bond acceptors (Lipinski definition) is 1. The van der Waals surface area contributed by atoms with Crippen molar-refractivity contribution in [2.45, 2.75) is 0 Å². The summed E-state index contributed by atoms with van der Waals surface area (Å²) in [4.78, 5) is 0. The SMILES string of the molecule is c1ccc(-n2c3ccccc3c3c(-c4cccc5sc6ccccc6c45)cccc32)cc1. The maximum absolute atomic E-state index is 2.39. The van der Waals surface area contributed by atoms with Gasteiger partial charge >= 0.3 is 0 Å². The van der Waals surface area contributed by atoms with E-state index in [0.29, 0.717) is 0 Å². The normalized spacial score (nSPS) is 11.8. The average molecular weight is 426 g/mol. The number of aromatic nitrogens is 1. The Kier molecular flexibility index (Phi) is 3.78. The molecule has 0 N–H and O–H groups in total. The second-order valence-electron chi connectivity index (χ2n) is 8.16. The van der Waals surface area contributed by atoms with Crippen LogP contribution < -0.4 is 0 Å². The molecule has 0 radical (unpaired) electrons. The molecule has 1 nitrogen and oxygen atoms in total. The second-order valence-corrected chi connectivity index (χ2v) is 9.25. The lowest BCUT2D eigenvalue weighted by atomic mass is 9.95. The van der Waals surface area contributed by atoms with Gasteiger partial charge < -0.3 is 4.57 Å². The Labute approximate surface area is 189 Å². The predicted molar refractivity (Wildman–Crippen MR) is 139 cm³/mol. The molecule has 0 bridgehead atoms. The maximum atomic E-state index is 2.39. The third-order valence-electron chi connectivity index (χ3n) is 6.40. The maximum Gasteiger partial charge on any atom is 0.0547 e. The van der Waals surface area contributed by atoms with Crippen LogP contribution in [0.2, 0.25) is 0 Å². The summed E-state index contributed by atoms with van der Waals surface area (Å²) < 4.78 is 5.07. The van der Waals surface area contributed by atoms with Crippen molar-refractivity contribution in [3.05, 3.63) is 115 Å². The van der Waals surface area contributed by atoms with Gasteiger partial charge in [0.25, 0.3) is 0 Å². The number of thiophene rings is 1. The molecule has 2 aromatic heterocycles. The molecule has 7 aromatic rings. The molecule has 0 atom stereocenters. The summed E-state index contributed by atoms with van der Waals surface area (Å²) in [6.45, 7) is 0. The molecule has 0 spiro atoms. The average Bonchev–Trinajstić information content (AvgIpc) is 3.40. The zero-order chi connectivity index (χ0) is 21.1. The number of benzene rings is 5. The molecule has 7 rings (SSSR count). The largest absolute Gasteiger partial charge is 0.309 e. The van der Waals surface area contributed by atoms with Gasteiger partial charge in [0.05, 0.1) is 11.0 Å². The van der Waals surface area contributed by atoms with E-state index >= 15 is 0 Å². The molecule has 2 heteroatoms. The van der Waals surface area contributed by atoms with Gasteiger partial charge in [-0.15, -0.1) is 11.3 Å². The summed E-state index contributed by atoms with van der Waals surface area (Å²) in [6, 6.07) is 41.6. The van der Waals surface area contributed by atoms with Gasteiger partial charge in [-0.3, -0.25) is 0 Å². The van der Waals surface area contributed by atoms with Crippen molar-refractivity contribution in [3.8, 4) is 16.8 Å². The molecular formula is C30H19NS. The first-order valence-electron chi connectivity index (χ1n) is 10.9. The van der Waals surface area contributed by atoms with Crippen molar-refractivity contribution in [2.75, 3.05) is 0 Å². The zero-order valence-electron chi connectivity index (χ0n) is 17.3. The highest BCUT2D eigenvalue weighted by atomic mass is 32.1. The lowest BCUT2D eigenvalue weighted by molar-refractivity contribution is 1.18. The van der Waals surface area contributed by atoms with E-state index < -0.39 is 0 Å². The molecule has 2 heterocycles. The van der Waals surface area contributed by atoms with Crippen LogP contribution in [0.1, 0.15) is 0 Å². The molecule has 0 unspecified atom stereocenters. The van der Waals surface area contributed by atoms with E-state index in [-0.39, 0.29) is 0 Å². The fraction of sp³-hybridized carbons (Fsp3) is 0. The van der Waals surface area contributed by atoms with E-state index in [0.717, 1.165) is 0 Å². The number of nitrogens with zero attached hydrogens (tertiary/aromatic N) is 1. The zero-order valence-corrected chi connectivity index (χ0v) is 18.1. The quantitative estimate of drug-likeness (QED) is 0.261. The van der Waals surface area contributed by atoms with Gasteiger partial charge in [-0.1, -0.05) is 78.9 Å². The third kappa shape index (κ3) is 2.44. The van der Waals surface area contributed by atoms with Gasteiger partial charge in [0.1, 0.15) is 0 Å². The van der Waals surface area contributed by atoms with E-state index in [4.69, 9.17) is 0 Å². The summed E-state index contributed by atoms with van der Waals surface area (Å²) >= 11 is 1.88. The van der Waals surface area contributed by atoms with Gasteiger partial charge in [0.2, 0.25) is 0 Å². The molecule has 0 saturated carbocycles. The van der Waals surface area contributed by atoms with Gasteiger partial charge in [-0.25, -0.2) is 0 Å². The predicted octanol–water partition coefficient (Wildman–Crippen LogP) is 8.82. The molecule has 0 fully saturated rings. The molecule has 0 aliphatic rings. The van der Waals surface area contributed by atoms with Crippen LogP contribution >= 0.6 is 11.3 Å². The lowest BCUT2D eigenvalue weighted by Crippen LogP contribution is -1.92. The molecule has 0 amide bonds. The van der Waals surface area contributed by atoms with E-state index in [1.165, 1.54) is 58.8 Å². The highest BCUT2D eigenvalue weighted by Gasteiger charge is 2.18. The van der Waals surface area contributed by atoms with E-state index in [1.807, 2.05) is 11.3 Å². The van der Waals surface area contributed by atoms with Crippen molar-refractivity contribution in [2.24, 2.45) is 0 Å². The van der Waals surface area contributed by atoms with Crippen LogP contribution in [0.3, 0.4) is 0 Å². The van der Waals surface area contributed by atoms with Crippen LogP contribution in [0.4, 0.5) is 0 Å². The van der Waals surface area contributed by atoms with Gasteiger partial charge in [0, 0.05) is 36.6 Å². The standard InChI is InChI=1S/C30H19NS/c1-2-10-20(11-3-1)31-25-16-6-4-12-23(25)29-21(14-8-17-26(29)31)22-15-9-19-28-30(22)24-13-5-7-18-27(24)32-28/h1-19H. The second kappa shape index (κ2) is 6.81. The van der Waals surface area contributed by atoms with Crippen molar-refractivity contribution < 1.29 is 0 Å². The van der Waals surface area contributed by atoms with Crippen LogP contribution in [0, 0.1) is 0 Å². The molecule has 150 valence electrons. The summed E-state index contributed by atoms with van der Waals surface area (Å²) in [6.07, 6.45) is 0. The first-order chi connectivity index (χ1) is 15.9. The monoisotopic (exact) mass is 425 g/mol.